The molecule has 0 saturated heterocycles. The van der Waals surface area contributed by atoms with Crippen LogP contribution in [0.3, 0.4) is 0 Å². The third kappa shape index (κ3) is 6.95. The van der Waals surface area contributed by atoms with Crippen LogP contribution in [0.5, 0.6) is 0 Å². The van der Waals surface area contributed by atoms with Crippen molar-refractivity contribution in [2.45, 2.75) is 51.1 Å². The molecule has 2 aromatic rings. The Hall–Kier alpha value is -1.68. The monoisotopic (exact) mass is 512 g/mol. The number of benzene rings is 1. The lowest BCUT2D eigenvalue weighted by atomic mass is 9.82. The molecule has 1 aliphatic rings. The van der Waals surface area contributed by atoms with Crippen molar-refractivity contribution in [2.75, 3.05) is 20.3 Å². The van der Waals surface area contributed by atoms with Gasteiger partial charge in [0.25, 0.3) is 0 Å². The van der Waals surface area contributed by atoms with Crippen molar-refractivity contribution in [3.63, 3.8) is 0 Å². The average molecular weight is 512 g/mol. The van der Waals surface area contributed by atoms with Gasteiger partial charge in [0.2, 0.25) is 0 Å². The second kappa shape index (κ2) is 12.1. The van der Waals surface area contributed by atoms with Crippen LogP contribution in [-0.4, -0.2) is 47.0 Å². The van der Waals surface area contributed by atoms with Crippen molar-refractivity contribution in [2.24, 2.45) is 12.0 Å². The van der Waals surface area contributed by atoms with E-state index in [-0.39, 0.29) is 24.0 Å². The Kier molecular flexibility index (Phi) is 9.86. The number of aromatic nitrogens is 3. The van der Waals surface area contributed by atoms with Gasteiger partial charge in [-0.05, 0) is 44.1 Å². The predicted octanol–water partition coefficient (Wildman–Crippen LogP) is 3.15. The lowest BCUT2D eigenvalue weighted by Gasteiger charge is -2.30. The number of hydrogen-bond acceptors (Lipinski definition) is 4. The molecule has 1 saturated carbocycles. The minimum absolute atomic E-state index is 0. The number of guanidine groups is 1. The van der Waals surface area contributed by atoms with E-state index in [0.29, 0.717) is 25.1 Å². The average Bonchev–Trinajstić information content (AvgIpc) is 3.05. The van der Waals surface area contributed by atoms with Crippen molar-refractivity contribution in [3.05, 3.63) is 47.5 Å². The molecule has 1 aromatic heterocycles. The lowest BCUT2D eigenvalue weighted by Crippen LogP contribution is -2.45. The second-order valence-electron chi connectivity index (χ2n) is 7.41. The zero-order chi connectivity index (χ0) is 19.8. The van der Waals surface area contributed by atoms with Crippen molar-refractivity contribution in [1.82, 2.24) is 25.4 Å². The van der Waals surface area contributed by atoms with Crippen LogP contribution >= 0.6 is 24.0 Å². The number of aryl methyl sites for hydroxylation is 1. The third-order valence-corrected chi connectivity index (χ3v) is 5.50. The number of methoxy groups -OCH3 is 1. The van der Waals surface area contributed by atoms with Crippen molar-refractivity contribution in [3.8, 4) is 0 Å². The molecule has 1 aliphatic carbocycles. The first-order valence-corrected chi connectivity index (χ1v) is 10.1. The van der Waals surface area contributed by atoms with E-state index in [2.05, 4.69) is 51.2 Å². The summed E-state index contributed by atoms with van der Waals surface area (Å²) >= 11 is 0. The van der Waals surface area contributed by atoms with Gasteiger partial charge >= 0.3 is 0 Å². The van der Waals surface area contributed by atoms with Gasteiger partial charge in [0, 0.05) is 26.7 Å². The van der Waals surface area contributed by atoms with Crippen molar-refractivity contribution in [1.29, 1.82) is 0 Å². The predicted molar refractivity (Wildman–Crippen MR) is 127 cm³/mol. The molecule has 0 aliphatic heterocycles. The minimum atomic E-state index is 0. The largest absolute Gasteiger partial charge is 0.383 e. The van der Waals surface area contributed by atoms with E-state index in [4.69, 9.17) is 9.73 Å². The number of aliphatic imine (C=N–C) groups is 1. The molecule has 0 spiro atoms. The third-order valence-electron chi connectivity index (χ3n) is 5.50. The Morgan fingerprint density at radius 3 is 2.52 bits per heavy atom. The molecular formula is C21H33IN6O. The van der Waals surface area contributed by atoms with Gasteiger partial charge in [0.15, 0.2) is 11.8 Å². The number of hydrogen-bond donors (Lipinski definition) is 2. The maximum absolute atomic E-state index is 5.16. The Morgan fingerprint density at radius 2 is 1.90 bits per heavy atom. The quantitative estimate of drug-likeness (QED) is 0.258. The van der Waals surface area contributed by atoms with Gasteiger partial charge in [-0.3, -0.25) is 0 Å². The summed E-state index contributed by atoms with van der Waals surface area (Å²) in [6.45, 7) is 3.81. The maximum Gasteiger partial charge on any atom is 0.192 e. The summed E-state index contributed by atoms with van der Waals surface area (Å²) in [4.78, 5) is 4.73. The van der Waals surface area contributed by atoms with Crippen molar-refractivity contribution >= 4 is 29.9 Å². The van der Waals surface area contributed by atoms with E-state index in [1.54, 1.807) is 7.11 Å². The number of nitrogens with zero attached hydrogens (tertiary/aromatic N) is 4. The van der Waals surface area contributed by atoms with Gasteiger partial charge in [-0.1, -0.05) is 30.3 Å². The second-order valence-corrected chi connectivity index (χ2v) is 7.41. The Bertz CT molecular complexity index is 756. The fraction of sp³-hybridized carbons (Fsp3) is 0.571. The smallest absolute Gasteiger partial charge is 0.192 e. The summed E-state index contributed by atoms with van der Waals surface area (Å²) in [7, 11) is 3.68. The lowest BCUT2D eigenvalue weighted by molar-refractivity contribution is 0.203. The Balaban J connectivity index is 0.00000300. The highest BCUT2D eigenvalue weighted by Crippen LogP contribution is 2.32. The van der Waals surface area contributed by atoms with E-state index >= 15 is 0 Å². The van der Waals surface area contributed by atoms with Crippen LogP contribution < -0.4 is 10.6 Å². The fourth-order valence-corrected chi connectivity index (χ4v) is 3.65. The molecule has 0 radical (unpaired) electrons. The Morgan fingerprint density at radius 1 is 1.17 bits per heavy atom. The summed E-state index contributed by atoms with van der Waals surface area (Å²) in [6.07, 6.45) is 4.70. The van der Waals surface area contributed by atoms with Gasteiger partial charge in [-0.2, -0.15) is 0 Å². The molecule has 0 unspecified atom stereocenters. The van der Waals surface area contributed by atoms with Crippen LogP contribution in [0.2, 0.25) is 0 Å². The number of nitrogens with one attached hydrogen (secondary N) is 2. The van der Waals surface area contributed by atoms with Gasteiger partial charge in [0.05, 0.1) is 6.61 Å². The Labute approximate surface area is 190 Å². The first-order valence-electron chi connectivity index (χ1n) is 10.1. The van der Waals surface area contributed by atoms with E-state index in [9.17, 15) is 0 Å². The normalized spacial score (nSPS) is 19.5. The zero-order valence-electron chi connectivity index (χ0n) is 17.6. The molecule has 160 valence electrons. The molecule has 0 bridgehead atoms. The van der Waals surface area contributed by atoms with Gasteiger partial charge in [0.1, 0.15) is 12.4 Å². The van der Waals surface area contributed by atoms with Crippen LogP contribution in [0.1, 0.15) is 48.8 Å². The summed E-state index contributed by atoms with van der Waals surface area (Å²) < 4.78 is 7.13. The van der Waals surface area contributed by atoms with Gasteiger partial charge in [-0.25, -0.2) is 4.99 Å². The van der Waals surface area contributed by atoms with E-state index in [0.717, 1.165) is 37.0 Å². The highest BCUT2D eigenvalue weighted by atomic mass is 127. The first kappa shape index (κ1) is 23.6. The van der Waals surface area contributed by atoms with E-state index in [1.807, 2.05) is 18.5 Å². The summed E-state index contributed by atoms with van der Waals surface area (Å²) in [5, 5.41) is 15.3. The molecular weight excluding hydrogens is 479 g/mol. The molecule has 29 heavy (non-hydrogen) atoms. The van der Waals surface area contributed by atoms with Gasteiger partial charge < -0.3 is 19.9 Å². The van der Waals surface area contributed by atoms with Crippen LogP contribution in [0, 0.1) is 6.92 Å². The SMILES string of the molecule is COCCNC(=NCc1nnc(C)n1C)NC1CCC(c2ccccc2)CC1.I. The topological polar surface area (TPSA) is 76.4 Å². The maximum atomic E-state index is 5.16. The molecule has 1 heterocycles. The summed E-state index contributed by atoms with van der Waals surface area (Å²) in [5.41, 5.74) is 1.46. The van der Waals surface area contributed by atoms with Crippen LogP contribution in [0.15, 0.2) is 35.3 Å². The highest BCUT2D eigenvalue weighted by molar-refractivity contribution is 14.0. The molecule has 7 nitrogen and oxygen atoms in total. The van der Waals surface area contributed by atoms with Crippen LogP contribution in [0.25, 0.3) is 0 Å². The summed E-state index contributed by atoms with van der Waals surface area (Å²) in [5.74, 6) is 3.24. The molecule has 0 atom stereocenters. The molecule has 3 rings (SSSR count). The first-order chi connectivity index (χ1) is 13.7. The molecule has 1 aromatic carbocycles. The fourth-order valence-electron chi connectivity index (χ4n) is 3.65. The van der Waals surface area contributed by atoms with E-state index < -0.39 is 0 Å². The number of halogens is 1. The molecule has 1 fully saturated rings. The van der Waals surface area contributed by atoms with Crippen LogP contribution in [-0.2, 0) is 18.3 Å². The summed E-state index contributed by atoms with van der Waals surface area (Å²) in [6, 6.07) is 11.3. The van der Waals surface area contributed by atoms with E-state index in [1.165, 1.54) is 18.4 Å². The molecule has 8 heteroatoms. The van der Waals surface area contributed by atoms with Crippen molar-refractivity contribution < 1.29 is 4.74 Å². The number of rotatable bonds is 7. The van der Waals surface area contributed by atoms with Gasteiger partial charge in [-0.15, -0.1) is 34.2 Å². The standard InChI is InChI=1S/C21H32N6O.HI/c1-16-25-26-20(27(16)2)15-23-21(22-13-14-28-3)24-19-11-9-18(10-12-19)17-7-5-4-6-8-17;/h4-8,18-19H,9-15H2,1-3H3,(H2,22,23,24);1H. The zero-order valence-corrected chi connectivity index (χ0v) is 19.9. The van der Waals surface area contributed by atoms with Crippen LogP contribution in [0.4, 0.5) is 0 Å². The molecule has 0 amide bonds. The minimum Gasteiger partial charge on any atom is -0.383 e. The highest BCUT2D eigenvalue weighted by Gasteiger charge is 2.23. The number of ether oxygens (including phenoxy) is 1. The molecule has 2 N–H and O–H groups in total.